The lowest BCUT2D eigenvalue weighted by molar-refractivity contribution is 0.138. The van der Waals surface area contributed by atoms with Gasteiger partial charge >= 0.3 is 0 Å². The van der Waals surface area contributed by atoms with Gasteiger partial charge in [-0.05, 0) is 5.41 Å². The van der Waals surface area contributed by atoms with Crippen LogP contribution in [0.1, 0.15) is 20.8 Å². The van der Waals surface area contributed by atoms with Crippen LogP contribution in [0.2, 0.25) is 0 Å². The van der Waals surface area contributed by atoms with Gasteiger partial charge in [-0.2, -0.15) is 17.0 Å². The number of rotatable bonds is 3. The number of nitrogens with zero attached hydrogens (tertiary/aromatic N) is 3. The maximum atomic E-state index is 11.9. The second kappa shape index (κ2) is 5.22. The summed E-state index contributed by atoms with van der Waals surface area (Å²) >= 11 is 0. The molecule has 1 aliphatic rings. The molecule has 102 valence electrons. The van der Waals surface area contributed by atoms with E-state index in [1.165, 1.54) is 4.31 Å². The maximum Gasteiger partial charge on any atom is 0.281 e. The lowest BCUT2D eigenvalue weighted by Gasteiger charge is -2.37. The Hall–Kier alpha value is -0.170. The molecule has 0 radical (unpaired) electrons. The monoisotopic (exact) mass is 263 g/mol. The fourth-order valence-corrected chi connectivity index (χ4v) is 3.11. The molecule has 1 aliphatic heterocycles. The van der Waals surface area contributed by atoms with Gasteiger partial charge in [0, 0.05) is 46.8 Å². The minimum absolute atomic E-state index is 0.266. The molecule has 6 heteroatoms. The van der Waals surface area contributed by atoms with Gasteiger partial charge in [-0.3, -0.25) is 0 Å². The normalized spacial score (nSPS) is 21.1. The fourth-order valence-electron chi connectivity index (χ4n) is 2.02. The van der Waals surface area contributed by atoms with Crippen LogP contribution < -0.4 is 0 Å². The quantitative estimate of drug-likeness (QED) is 0.743. The van der Waals surface area contributed by atoms with E-state index in [2.05, 4.69) is 25.7 Å². The van der Waals surface area contributed by atoms with Crippen LogP contribution in [0, 0.1) is 5.41 Å². The first-order valence-corrected chi connectivity index (χ1v) is 7.42. The highest BCUT2D eigenvalue weighted by Gasteiger charge is 2.29. The average molecular weight is 263 g/mol. The third-order valence-corrected chi connectivity index (χ3v) is 4.76. The van der Waals surface area contributed by atoms with Crippen LogP contribution in [0.15, 0.2) is 0 Å². The summed E-state index contributed by atoms with van der Waals surface area (Å²) in [5.74, 6) is 0. The summed E-state index contributed by atoms with van der Waals surface area (Å²) in [6, 6.07) is 0. The first kappa shape index (κ1) is 14.9. The zero-order valence-electron chi connectivity index (χ0n) is 11.6. The SMILES string of the molecule is CN(C)S(=O)(=O)N1CCN(CC(C)(C)C)CC1. The Labute approximate surface area is 106 Å². The summed E-state index contributed by atoms with van der Waals surface area (Å²) < 4.78 is 26.7. The molecule has 0 unspecified atom stereocenters. The third-order valence-electron chi connectivity index (χ3n) is 2.82. The number of hydrogen-bond acceptors (Lipinski definition) is 3. The first-order valence-electron chi connectivity index (χ1n) is 6.03. The van der Waals surface area contributed by atoms with Crippen molar-refractivity contribution in [1.29, 1.82) is 0 Å². The van der Waals surface area contributed by atoms with Crippen LogP contribution in [0.4, 0.5) is 0 Å². The Kier molecular flexibility index (Phi) is 4.57. The molecule has 0 N–H and O–H groups in total. The number of piperazine rings is 1. The molecular formula is C11H25N3O2S. The number of hydrogen-bond donors (Lipinski definition) is 0. The molecule has 0 aromatic heterocycles. The van der Waals surface area contributed by atoms with E-state index in [0.29, 0.717) is 13.1 Å². The average Bonchev–Trinajstić information content (AvgIpc) is 2.15. The molecular weight excluding hydrogens is 238 g/mol. The first-order chi connectivity index (χ1) is 7.63. The minimum Gasteiger partial charge on any atom is -0.300 e. The van der Waals surface area contributed by atoms with Crippen LogP contribution in [-0.4, -0.2) is 68.7 Å². The molecule has 0 aromatic carbocycles. The van der Waals surface area contributed by atoms with Gasteiger partial charge < -0.3 is 4.90 Å². The molecule has 0 aliphatic carbocycles. The maximum absolute atomic E-state index is 11.9. The lowest BCUT2D eigenvalue weighted by Crippen LogP contribution is -2.52. The summed E-state index contributed by atoms with van der Waals surface area (Å²) in [6.45, 7) is 10.5. The second-order valence-corrected chi connectivity index (χ2v) is 8.17. The molecule has 1 fully saturated rings. The molecule has 1 heterocycles. The Morgan fingerprint density at radius 2 is 1.53 bits per heavy atom. The molecule has 17 heavy (non-hydrogen) atoms. The summed E-state index contributed by atoms with van der Waals surface area (Å²) in [5.41, 5.74) is 0.266. The Balaban J connectivity index is 2.52. The van der Waals surface area contributed by atoms with Gasteiger partial charge in [0.05, 0.1) is 0 Å². The highest BCUT2D eigenvalue weighted by atomic mass is 32.2. The van der Waals surface area contributed by atoms with Crippen LogP contribution >= 0.6 is 0 Å². The summed E-state index contributed by atoms with van der Waals surface area (Å²) in [4.78, 5) is 2.34. The second-order valence-electron chi connectivity index (χ2n) is 6.03. The van der Waals surface area contributed by atoms with Crippen LogP contribution in [0.3, 0.4) is 0 Å². The van der Waals surface area contributed by atoms with Gasteiger partial charge in [-0.1, -0.05) is 20.8 Å². The lowest BCUT2D eigenvalue weighted by atomic mass is 9.96. The molecule has 1 rings (SSSR count). The van der Waals surface area contributed by atoms with E-state index >= 15 is 0 Å². The van der Waals surface area contributed by atoms with Gasteiger partial charge in [0.25, 0.3) is 10.2 Å². The van der Waals surface area contributed by atoms with E-state index in [1.54, 1.807) is 18.4 Å². The van der Waals surface area contributed by atoms with Crippen molar-refractivity contribution in [3.05, 3.63) is 0 Å². The third kappa shape index (κ3) is 4.21. The Morgan fingerprint density at radius 3 is 1.88 bits per heavy atom. The van der Waals surface area contributed by atoms with E-state index in [4.69, 9.17) is 0 Å². The van der Waals surface area contributed by atoms with Crippen molar-refractivity contribution >= 4 is 10.2 Å². The van der Waals surface area contributed by atoms with Crippen LogP contribution in [0.5, 0.6) is 0 Å². The van der Waals surface area contributed by atoms with E-state index < -0.39 is 10.2 Å². The molecule has 0 saturated carbocycles. The zero-order valence-corrected chi connectivity index (χ0v) is 12.4. The molecule has 0 atom stereocenters. The van der Waals surface area contributed by atoms with Crippen molar-refractivity contribution in [2.45, 2.75) is 20.8 Å². The van der Waals surface area contributed by atoms with E-state index in [-0.39, 0.29) is 5.41 Å². The topological polar surface area (TPSA) is 43.9 Å². The standard InChI is InChI=1S/C11H25N3O2S/c1-11(2,3)10-13-6-8-14(9-7-13)17(15,16)12(4)5/h6-10H2,1-5H3. The highest BCUT2D eigenvalue weighted by molar-refractivity contribution is 7.86. The van der Waals surface area contributed by atoms with Crippen molar-refractivity contribution in [2.75, 3.05) is 46.8 Å². The summed E-state index contributed by atoms with van der Waals surface area (Å²) in [7, 11) is -0.0666. The van der Waals surface area contributed by atoms with E-state index in [9.17, 15) is 8.42 Å². The van der Waals surface area contributed by atoms with Crippen molar-refractivity contribution in [2.24, 2.45) is 5.41 Å². The van der Waals surface area contributed by atoms with Gasteiger partial charge in [-0.15, -0.1) is 0 Å². The van der Waals surface area contributed by atoms with Crippen molar-refractivity contribution in [3.8, 4) is 0 Å². The van der Waals surface area contributed by atoms with E-state index in [0.717, 1.165) is 19.6 Å². The van der Waals surface area contributed by atoms with Crippen LogP contribution in [0.25, 0.3) is 0 Å². The van der Waals surface area contributed by atoms with Gasteiger partial charge in [-0.25, -0.2) is 0 Å². The predicted molar refractivity (Wildman–Crippen MR) is 70.1 cm³/mol. The Morgan fingerprint density at radius 1 is 1.06 bits per heavy atom. The highest BCUT2D eigenvalue weighted by Crippen LogP contribution is 2.17. The van der Waals surface area contributed by atoms with Crippen molar-refractivity contribution in [1.82, 2.24) is 13.5 Å². The smallest absolute Gasteiger partial charge is 0.281 e. The molecule has 5 nitrogen and oxygen atoms in total. The fraction of sp³-hybridized carbons (Fsp3) is 1.00. The molecule has 0 aromatic rings. The van der Waals surface area contributed by atoms with Crippen molar-refractivity contribution < 1.29 is 8.42 Å². The van der Waals surface area contributed by atoms with Gasteiger partial charge in [0.15, 0.2) is 0 Å². The summed E-state index contributed by atoms with van der Waals surface area (Å²) in [6.07, 6.45) is 0. The van der Waals surface area contributed by atoms with Crippen molar-refractivity contribution in [3.63, 3.8) is 0 Å². The minimum atomic E-state index is -3.23. The van der Waals surface area contributed by atoms with Gasteiger partial charge in [0.2, 0.25) is 0 Å². The van der Waals surface area contributed by atoms with Gasteiger partial charge in [0.1, 0.15) is 0 Å². The molecule has 0 amide bonds. The summed E-state index contributed by atoms with van der Waals surface area (Å²) in [5, 5.41) is 0. The molecule has 1 saturated heterocycles. The van der Waals surface area contributed by atoms with E-state index in [1.807, 2.05) is 0 Å². The zero-order chi connectivity index (χ0) is 13.3. The molecule has 0 bridgehead atoms. The molecule has 0 spiro atoms. The Bertz CT molecular complexity index is 338. The largest absolute Gasteiger partial charge is 0.300 e. The predicted octanol–water partition coefficient (Wildman–Crippen LogP) is 0.457. The van der Waals surface area contributed by atoms with Crippen LogP contribution in [-0.2, 0) is 10.2 Å².